The van der Waals surface area contributed by atoms with Gasteiger partial charge in [-0.1, -0.05) is 48.0 Å². The lowest BCUT2D eigenvalue weighted by Gasteiger charge is -2.32. The highest BCUT2D eigenvalue weighted by Gasteiger charge is 2.32. The number of nitrogens with one attached hydrogen (secondary N) is 1. The fourth-order valence-electron chi connectivity index (χ4n) is 3.75. The van der Waals surface area contributed by atoms with Crippen LogP contribution in [0.15, 0.2) is 83.8 Å². The number of halogens is 1. The normalized spacial score (nSPS) is 11.9. The van der Waals surface area contributed by atoms with Crippen LogP contribution < -0.4 is 14.4 Å². The summed E-state index contributed by atoms with van der Waals surface area (Å²) in [5.74, 6) is -0.303. The van der Waals surface area contributed by atoms with Crippen molar-refractivity contribution in [3.05, 3.63) is 89.4 Å². The maximum absolute atomic E-state index is 13.8. The molecule has 0 aliphatic rings. The van der Waals surface area contributed by atoms with E-state index in [9.17, 15) is 18.0 Å². The number of nitrogens with zero attached hydrogens (tertiary/aromatic N) is 2. The summed E-state index contributed by atoms with van der Waals surface area (Å²) in [6.45, 7) is 3.32. The average Bonchev–Trinajstić information content (AvgIpc) is 2.90. The Balaban J connectivity index is 2.02. The summed E-state index contributed by atoms with van der Waals surface area (Å²) in [6, 6.07) is 20.4. The van der Waals surface area contributed by atoms with E-state index in [0.29, 0.717) is 17.3 Å². The minimum absolute atomic E-state index is 0.0268. The van der Waals surface area contributed by atoms with E-state index in [4.69, 9.17) is 16.3 Å². The van der Waals surface area contributed by atoms with E-state index < -0.39 is 28.5 Å². The zero-order valence-electron chi connectivity index (χ0n) is 20.9. The van der Waals surface area contributed by atoms with E-state index >= 15 is 0 Å². The molecule has 0 bridgehead atoms. The highest BCUT2D eigenvalue weighted by atomic mass is 35.5. The summed E-state index contributed by atoms with van der Waals surface area (Å²) in [7, 11) is -2.59. The van der Waals surface area contributed by atoms with E-state index in [1.165, 1.54) is 30.2 Å². The summed E-state index contributed by atoms with van der Waals surface area (Å²) >= 11 is 6.17. The zero-order valence-corrected chi connectivity index (χ0v) is 22.5. The number of likely N-dealkylation sites (N-methyl/N-ethyl adjacent to an activating group) is 1. The third-order valence-corrected chi connectivity index (χ3v) is 7.73. The van der Waals surface area contributed by atoms with Crippen molar-refractivity contribution in [2.24, 2.45) is 0 Å². The standard InChI is InChI=1S/C27H30ClN3O5S/c1-4-29-27(33)20(2)30(18-21-10-8-13-24(16-21)36-3)26(32)19-31(23-12-9-11-22(28)17-23)37(34,35)25-14-6-5-7-15-25/h5-17,20H,4,18-19H2,1-3H3,(H,29,33)/t20-/m1/s1. The summed E-state index contributed by atoms with van der Waals surface area (Å²) < 4.78 is 33.6. The lowest BCUT2D eigenvalue weighted by molar-refractivity contribution is -0.139. The van der Waals surface area contributed by atoms with Crippen molar-refractivity contribution >= 4 is 39.1 Å². The molecule has 0 radical (unpaired) electrons. The Bertz CT molecular complexity index is 1330. The summed E-state index contributed by atoms with van der Waals surface area (Å²) in [4.78, 5) is 27.9. The number of methoxy groups -OCH3 is 1. The monoisotopic (exact) mass is 543 g/mol. The van der Waals surface area contributed by atoms with Crippen LogP contribution in [0.2, 0.25) is 5.02 Å². The van der Waals surface area contributed by atoms with Crippen LogP contribution in [0.25, 0.3) is 0 Å². The molecular weight excluding hydrogens is 514 g/mol. The number of ether oxygens (including phenoxy) is 1. The van der Waals surface area contributed by atoms with Gasteiger partial charge in [0.1, 0.15) is 18.3 Å². The molecule has 10 heteroatoms. The van der Waals surface area contributed by atoms with E-state index in [-0.39, 0.29) is 23.0 Å². The fourth-order valence-corrected chi connectivity index (χ4v) is 5.36. The third-order valence-electron chi connectivity index (χ3n) is 5.71. The van der Waals surface area contributed by atoms with Gasteiger partial charge in [-0.15, -0.1) is 0 Å². The number of hydrogen-bond acceptors (Lipinski definition) is 5. The molecule has 196 valence electrons. The second kappa shape index (κ2) is 12.6. The summed E-state index contributed by atoms with van der Waals surface area (Å²) in [6.07, 6.45) is 0. The van der Waals surface area contributed by atoms with Crippen molar-refractivity contribution < 1.29 is 22.7 Å². The lowest BCUT2D eigenvalue weighted by atomic mass is 10.1. The number of rotatable bonds is 11. The quantitative estimate of drug-likeness (QED) is 0.393. The zero-order chi connectivity index (χ0) is 27.0. The van der Waals surface area contributed by atoms with Gasteiger partial charge in [-0.3, -0.25) is 13.9 Å². The first kappa shape index (κ1) is 28.0. The van der Waals surface area contributed by atoms with E-state index in [1.807, 2.05) is 6.07 Å². The van der Waals surface area contributed by atoms with Gasteiger partial charge in [-0.05, 0) is 61.9 Å². The molecule has 0 unspecified atom stereocenters. The van der Waals surface area contributed by atoms with Gasteiger partial charge in [0.2, 0.25) is 11.8 Å². The Kier molecular flexibility index (Phi) is 9.54. The van der Waals surface area contributed by atoms with E-state index in [0.717, 1.165) is 9.87 Å². The van der Waals surface area contributed by atoms with Crippen LogP contribution in [0.3, 0.4) is 0 Å². The molecule has 0 heterocycles. The molecule has 2 amide bonds. The van der Waals surface area contributed by atoms with E-state index in [1.54, 1.807) is 68.4 Å². The Morgan fingerprint density at radius 3 is 2.35 bits per heavy atom. The van der Waals surface area contributed by atoms with Crippen LogP contribution in [-0.4, -0.2) is 51.4 Å². The molecule has 0 spiro atoms. The second-order valence-corrected chi connectivity index (χ2v) is 10.5. The third kappa shape index (κ3) is 7.02. The van der Waals surface area contributed by atoms with Gasteiger partial charge in [0.05, 0.1) is 17.7 Å². The predicted octanol–water partition coefficient (Wildman–Crippen LogP) is 4.10. The molecule has 3 rings (SSSR count). The van der Waals surface area contributed by atoms with Crippen molar-refractivity contribution in [1.29, 1.82) is 0 Å². The van der Waals surface area contributed by atoms with Crippen LogP contribution in [0.4, 0.5) is 5.69 Å². The molecule has 0 aliphatic carbocycles. The van der Waals surface area contributed by atoms with Crippen LogP contribution >= 0.6 is 11.6 Å². The van der Waals surface area contributed by atoms with Crippen LogP contribution in [0, 0.1) is 0 Å². The maximum Gasteiger partial charge on any atom is 0.264 e. The van der Waals surface area contributed by atoms with Gasteiger partial charge in [-0.25, -0.2) is 8.42 Å². The van der Waals surface area contributed by atoms with Gasteiger partial charge in [0.15, 0.2) is 0 Å². The largest absolute Gasteiger partial charge is 0.497 e. The molecule has 0 aromatic heterocycles. The molecule has 37 heavy (non-hydrogen) atoms. The van der Waals surface area contributed by atoms with Gasteiger partial charge in [0, 0.05) is 18.1 Å². The first-order valence-electron chi connectivity index (χ1n) is 11.7. The smallest absolute Gasteiger partial charge is 0.264 e. The van der Waals surface area contributed by atoms with Crippen molar-refractivity contribution in [2.45, 2.75) is 31.3 Å². The number of benzene rings is 3. The number of anilines is 1. The molecule has 0 saturated carbocycles. The second-order valence-electron chi connectivity index (χ2n) is 8.25. The highest BCUT2D eigenvalue weighted by Crippen LogP contribution is 2.27. The number of carbonyl (C=O) groups is 2. The fraction of sp³-hybridized carbons (Fsp3) is 0.259. The highest BCUT2D eigenvalue weighted by molar-refractivity contribution is 7.92. The molecule has 0 aliphatic heterocycles. The van der Waals surface area contributed by atoms with Crippen molar-refractivity contribution in [3.8, 4) is 5.75 Å². The molecule has 1 N–H and O–H groups in total. The topological polar surface area (TPSA) is 96.0 Å². The van der Waals surface area contributed by atoms with Gasteiger partial charge in [-0.2, -0.15) is 0 Å². The first-order valence-corrected chi connectivity index (χ1v) is 13.5. The Morgan fingerprint density at radius 2 is 1.70 bits per heavy atom. The van der Waals surface area contributed by atoms with E-state index in [2.05, 4.69) is 5.32 Å². The van der Waals surface area contributed by atoms with Gasteiger partial charge >= 0.3 is 0 Å². The summed E-state index contributed by atoms with van der Waals surface area (Å²) in [5, 5.41) is 3.05. The molecular formula is C27H30ClN3O5S. The Morgan fingerprint density at radius 1 is 1.00 bits per heavy atom. The van der Waals surface area contributed by atoms with Gasteiger partial charge in [0.25, 0.3) is 10.0 Å². The maximum atomic E-state index is 13.8. The number of sulfonamides is 1. The van der Waals surface area contributed by atoms with Crippen LogP contribution in [0.5, 0.6) is 5.75 Å². The minimum atomic E-state index is -4.13. The molecule has 3 aromatic carbocycles. The van der Waals surface area contributed by atoms with Crippen molar-refractivity contribution in [3.63, 3.8) is 0 Å². The molecule has 3 aromatic rings. The number of carbonyl (C=O) groups excluding carboxylic acids is 2. The number of amides is 2. The first-order chi connectivity index (χ1) is 17.7. The Labute approximate surface area is 222 Å². The molecule has 8 nitrogen and oxygen atoms in total. The van der Waals surface area contributed by atoms with Crippen molar-refractivity contribution in [2.75, 3.05) is 24.5 Å². The summed E-state index contributed by atoms with van der Waals surface area (Å²) in [5.41, 5.74) is 0.959. The molecule has 0 saturated heterocycles. The van der Waals surface area contributed by atoms with Gasteiger partial charge < -0.3 is 15.0 Å². The van der Waals surface area contributed by atoms with Crippen LogP contribution in [0.1, 0.15) is 19.4 Å². The molecule has 0 fully saturated rings. The van der Waals surface area contributed by atoms with Crippen LogP contribution in [-0.2, 0) is 26.2 Å². The minimum Gasteiger partial charge on any atom is -0.497 e. The number of hydrogen-bond donors (Lipinski definition) is 1. The SMILES string of the molecule is CCNC(=O)[C@@H](C)N(Cc1cccc(OC)c1)C(=O)CN(c1cccc(Cl)c1)S(=O)(=O)c1ccccc1. The molecule has 1 atom stereocenters. The Hall–Kier alpha value is -3.56. The predicted molar refractivity (Wildman–Crippen MR) is 144 cm³/mol. The van der Waals surface area contributed by atoms with Crippen molar-refractivity contribution in [1.82, 2.24) is 10.2 Å². The average molecular weight is 544 g/mol. The lowest BCUT2D eigenvalue weighted by Crippen LogP contribution is -2.51.